The van der Waals surface area contributed by atoms with Crippen molar-refractivity contribution < 1.29 is 19.5 Å². The minimum Gasteiger partial charge on any atom is -0.480 e. The summed E-state index contributed by atoms with van der Waals surface area (Å²) in [7, 11) is 0. The van der Waals surface area contributed by atoms with Crippen LogP contribution in [0.4, 0.5) is 4.79 Å². The van der Waals surface area contributed by atoms with Crippen LogP contribution in [0.3, 0.4) is 0 Å². The number of urea groups is 1. The molecule has 2 fully saturated rings. The van der Waals surface area contributed by atoms with Crippen LogP contribution in [0.5, 0.6) is 0 Å². The second kappa shape index (κ2) is 6.08. The van der Waals surface area contributed by atoms with E-state index in [2.05, 4.69) is 17.1 Å². The Kier molecular flexibility index (Phi) is 4.43. The third-order valence-corrected chi connectivity index (χ3v) is 3.80. The van der Waals surface area contributed by atoms with Gasteiger partial charge in [0.15, 0.2) is 0 Å². The fourth-order valence-electron chi connectivity index (χ4n) is 2.50. The van der Waals surface area contributed by atoms with Gasteiger partial charge >= 0.3 is 12.0 Å². The van der Waals surface area contributed by atoms with Crippen LogP contribution < -0.4 is 5.32 Å². The largest absolute Gasteiger partial charge is 0.480 e. The van der Waals surface area contributed by atoms with Crippen molar-refractivity contribution in [1.82, 2.24) is 20.0 Å². The molecule has 0 aromatic carbocycles. The zero-order chi connectivity index (χ0) is 14.7. The number of aliphatic carboxylic acids is 1. The first-order chi connectivity index (χ1) is 9.52. The van der Waals surface area contributed by atoms with E-state index in [9.17, 15) is 14.4 Å². The molecule has 0 bridgehead atoms. The molecule has 112 valence electrons. The third kappa shape index (κ3) is 3.01. The topological polar surface area (TPSA) is 93.2 Å². The second-order valence-corrected chi connectivity index (χ2v) is 4.99. The van der Waals surface area contributed by atoms with Crippen LogP contribution in [0, 0.1) is 0 Å². The van der Waals surface area contributed by atoms with Crippen LogP contribution in [0.1, 0.15) is 6.92 Å². The summed E-state index contributed by atoms with van der Waals surface area (Å²) in [6.07, 6.45) is 0. The first-order valence-corrected chi connectivity index (χ1v) is 6.80. The van der Waals surface area contributed by atoms with E-state index in [4.69, 9.17) is 5.11 Å². The zero-order valence-corrected chi connectivity index (χ0v) is 11.5. The molecule has 1 unspecified atom stereocenters. The first kappa shape index (κ1) is 14.6. The van der Waals surface area contributed by atoms with E-state index < -0.39 is 12.0 Å². The van der Waals surface area contributed by atoms with Crippen LogP contribution >= 0.6 is 0 Å². The zero-order valence-electron chi connectivity index (χ0n) is 11.5. The van der Waals surface area contributed by atoms with Gasteiger partial charge in [0.2, 0.25) is 5.91 Å². The summed E-state index contributed by atoms with van der Waals surface area (Å²) in [5.74, 6) is -1.41. The predicted octanol–water partition coefficient (Wildman–Crippen LogP) is -1.37. The van der Waals surface area contributed by atoms with E-state index in [1.54, 1.807) is 4.90 Å². The highest BCUT2D eigenvalue weighted by Crippen LogP contribution is 2.11. The molecule has 2 rings (SSSR count). The van der Waals surface area contributed by atoms with E-state index in [1.165, 1.54) is 0 Å². The van der Waals surface area contributed by atoms with Crippen LogP contribution in [0.15, 0.2) is 0 Å². The lowest BCUT2D eigenvalue weighted by molar-refractivity contribution is -0.144. The summed E-state index contributed by atoms with van der Waals surface area (Å²) in [6, 6.07) is -1.34. The fourth-order valence-corrected chi connectivity index (χ4v) is 2.50. The highest BCUT2D eigenvalue weighted by atomic mass is 16.4. The van der Waals surface area contributed by atoms with Crippen molar-refractivity contribution in [2.24, 2.45) is 0 Å². The molecule has 1 atom stereocenters. The van der Waals surface area contributed by atoms with Gasteiger partial charge in [0, 0.05) is 32.7 Å². The monoisotopic (exact) mass is 284 g/mol. The first-order valence-electron chi connectivity index (χ1n) is 6.80. The molecule has 0 aromatic heterocycles. The van der Waals surface area contributed by atoms with Gasteiger partial charge < -0.3 is 20.2 Å². The Labute approximate surface area is 117 Å². The minimum atomic E-state index is -1.09. The van der Waals surface area contributed by atoms with Gasteiger partial charge in [0.25, 0.3) is 0 Å². The van der Waals surface area contributed by atoms with Gasteiger partial charge in [0.1, 0.15) is 12.6 Å². The van der Waals surface area contributed by atoms with Crippen LogP contribution in [-0.2, 0) is 9.59 Å². The van der Waals surface area contributed by atoms with Gasteiger partial charge in [-0.2, -0.15) is 0 Å². The van der Waals surface area contributed by atoms with E-state index in [1.807, 2.05) is 0 Å². The number of carbonyl (C=O) groups excluding carboxylic acids is 2. The van der Waals surface area contributed by atoms with Crippen LogP contribution in [0.25, 0.3) is 0 Å². The van der Waals surface area contributed by atoms with Crippen molar-refractivity contribution in [1.29, 1.82) is 0 Å². The molecule has 0 aromatic rings. The molecular formula is C12H20N4O4. The quantitative estimate of drug-likeness (QED) is 0.652. The van der Waals surface area contributed by atoms with E-state index >= 15 is 0 Å². The average molecular weight is 284 g/mol. The molecular weight excluding hydrogens is 264 g/mol. The van der Waals surface area contributed by atoms with E-state index in [0.717, 1.165) is 24.5 Å². The van der Waals surface area contributed by atoms with Gasteiger partial charge in [-0.1, -0.05) is 6.92 Å². The predicted molar refractivity (Wildman–Crippen MR) is 70.2 cm³/mol. The number of carboxylic acid groups (broad SMARTS) is 1. The van der Waals surface area contributed by atoms with Gasteiger partial charge in [-0.05, 0) is 6.54 Å². The minimum absolute atomic E-state index is 0.0329. The summed E-state index contributed by atoms with van der Waals surface area (Å²) < 4.78 is 0. The molecule has 2 aliphatic heterocycles. The van der Waals surface area contributed by atoms with Gasteiger partial charge in [-0.25, -0.2) is 9.59 Å². The lowest BCUT2D eigenvalue weighted by Crippen LogP contribution is -2.63. The molecule has 2 aliphatic rings. The van der Waals surface area contributed by atoms with Crippen molar-refractivity contribution in [2.75, 3.05) is 45.8 Å². The van der Waals surface area contributed by atoms with Crippen LogP contribution in [0.2, 0.25) is 0 Å². The second-order valence-electron chi connectivity index (χ2n) is 4.99. The standard InChI is InChI=1S/C12H20N4O4/c1-2-14-3-5-15(6-4-14)12(20)16-8-10(17)13-7-9(16)11(18)19/h9H,2-8H2,1H3,(H,13,17)(H,18,19). The molecule has 0 saturated carbocycles. The van der Waals surface area contributed by atoms with E-state index in [0.29, 0.717) is 13.1 Å². The Bertz CT molecular complexity index is 406. The Balaban J connectivity index is 2.02. The van der Waals surface area contributed by atoms with Gasteiger partial charge in [-0.15, -0.1) is 0 Å². The van der Waals surface area contributed by atoms with Gasteiger partial charge in [0.05, 0.1) is 0 Å². The molecule has 2 N–H and O–H groups in total. The number of hydrogen-bond acceptors (Lipinski definition) is 4. The molecule has 0 radical (unpaired) electrons. The Morgan fingerprint density at radius 2 is 1.95 bits per heavy atom. The van der Waals surface area contributed by atoms with Gasteiger partial charge in [-0.3, -0.25) is 9.69 Å². The highest BCUT2D eigenvalue weighted by molar-refractivity contribution is 5.90. The Morgan fingerprint density at radius 1 is 1.30 bits per heavy atom. The normalized spacial score (nSPS) is 24.4. The van der Waals surface area contributed by atoms with Crippen LogP contribution in [-0.4, -0.2) is 89.6 Å². The summed E-state index contributed by atoms with van der Waals surface area (Å²) in [5, 5.41) is 11.6. The van der Waals surface area contributed by atoms with Crippen molar-refractivity contribution in [2.45, 2.75) is 13.0 Å². The molecule has 2 heterocycles. The molecule has 2 saturated heterocycles. The number of amides is 3. The molecule has 8 heteroatoms. The number of nitrogens with one attached hydrogen (secondary N) is 1. The summed E-state index contributed by atoms with van der Waals surface area (Å²) in [5.41, 5.74) is 0. The lowest BCUT2D eigenvalue weighted by atomic mass is 10.2. The maximum Gasteiger partial charge on any atom is 0.328 e. The Morgan fingerprint density at radius 3 is 2.50 bits per heavy atom. The fraction of sp³-hybridized carbons (Fsp3) is 0.750. The lowest BCUT2D eigenvalue weighted by Gasteiger charge is -2.40. The molecule has 20 heavy (non-hydrogen) atoms. The third-order valence-electron chi connectivity index (χ3n) is 3.80. The maximum atomic E-state index is 12.4. The number of hydrogen-bond donors (Lipinski definition) is 2. The maximum absolute atomic E-state index is 12.4. The van der Waals surface area contributed by atoms with Crippen molar-refractivity contribution in [3.8, 4) is 0 Å². The Hall–Kier alpha value is -1.83. The number of nitrogens with zero attached hydrogens (tertiary/aromatic N) is 3. The van der Waals surface area contributed by atoms with Crippen molar-refractivity contribution >= 4 is 17.9 Å². The molecule has 3 amide bonds. The SMILES string of the molecule is CCN1CCN(C(=O)N2CC(=O)NCC2C(=O)O)CC1. The molecule has 8 nitrogen and oxygen atoms in total. The highest BCUT2D eigenvalue weighted by Gasteiger charge is 2.37. The summed E-state index contributed by atoms with van der Waals surface area (Å²) >= 11 is 0. The molecule has 0 aliphatic carbocycles. The number of piperazine rings is 2. The smallest absolute Gasteiger partial charge is 0.328 e. The number of rotatable bonds is 2. The van der Waals surface area contributed by atoms with Crippen molar-refractivity contribution in [3.05, 3.63) is 0 Å². The average Bonchev–Trinajstić information content (AvgIpc) is 2.46. The van der Waals surface area contributed by atoms with Crippen molar-refractivity contribution in [3.63, 3.8) is 0 Å². The summed E-state index contributed by atoms with van der Waals surface area (Å²) in [4.78, 5) is 40.0. The number of carboxylic acids is 1. The van der Waals surface area contributed by atoms with E-state index in [-0.39, 0.29) is 25.0 Å². The number of carbonyl (C=O) groups is 3. The molecule has 0 spiro atoms. The number of likely N-dealkylation sites (N-methyl/N-ethyl adjacent to an activating group) is 1. The summed E-state index contributed by atoms with van der Waals surface area (Å²) in [6.45, 7) is 5.46.